The average molecular weight is 203 g/mol. The Kier molecular flexibility index (Phi) is 8.29. The van der Waals surface area contributed by atoms with E-state index in [1.165, 1.54) is 0 Å². The first-order chi connectivity index (χ1) is 4.77. The molecule has 0 rings (SSSR count). The van der Waals surface area contributed by atoms with Crippen LogP contribution in [0.4, 0.5) is 0 Å². The maximum absolute atomic E-state index is 5.32. The molecule has 0 aromatic heterocycles. The van der Waals surface area contributed by atoms with Crippen LogP contribution in [0, 0.1) is 0 Å². The molecule has 0 saturated carbocycles. The Morgan fingerprint density at radius 3 is 2.60 bits per heavy atom. The molecule has 10 heavy (non-hydrogen) atoms. The number of ether oxygens (including phenoxy) is 1. The standard InChI is InChI=1S/C5H9Cl2O2P/c1-2-3-8-4-5-9-10(6)7/h2H,1,3-5H2. The number of hydrogen-bond acceptors (Lipinski definition) is 2. The van der Waals surface area contributed by atoms with Crippen LogP contribution in [-0.4, -0.2) is 19.8 Å². The van der Waals surface area contributed by atoms with Gasteiger partial charge < -0.3 is 9.26 Å². The monoisotopic (exact) mass is 202 g/mol. The van der Waals surface area contributed by atoms with Crippen LogP contribution in [0.25, 0.3) is 0 Å². The fourth-order valence-corrected chi connectivity index (χ4v) is 0.958. The van der Waals surface area contributed by atoms with Gasteiger partial charge in [0.1, 0.15) is 0 Å². The van der Waals surface area contributed by atoms with Crippen LogP contribution in [0.15, 0.2) is 12.7 Å². The first-order valence-electron chi connectivity index (χ1n) is 2.70. The Bertz CT molecular complexity index is 89.7. The van der Waals surface area contributed by atoms with E-state index in [-0.39, 0.29) is 0 Å². The van der Waals surface area contributed by atoms with E-state index in [2.05, 4.69) is 6.58 Å². The van der Waals surface area contributed by atoms with Crippen LogP contribution in [0.1, 0.15) is 0 Å². The highest BCUT2D eigenvalue weighted by Gasteiger charge is 1.96. The van der Waals surface area contributed by atoms with Crippen LogP contribution < -0.4 is 0 Å². The topological polar surface area (TPSA) is 18.5 Å². The molecule has 0 atom stereocenters. The van der Waals surface area contributed by atoms with Crippen molar-refractivity contribution in [3.05, 3.63) is 12.7 Å². The van der Waals surface area contributed by atoms with Crippen molar-refractivity contribution in [1.29, 1.82) is 0 Å². The minimum absolute atomic E-state index is 0.437. The fourth-order valence-electron chi connectivity index (χ4n) is 0.332. The van der Waals surface area contributed by atoms with Gasteiger partial charge in [-0.15, -0.1) is 6.58 Å². The highest BCUT2D eigenvalue weighted by Crippen LogP contribution is 2.47. The zero-order valence-electron chi connectivity index (χ0n) is 5.43. The lowest BCUT2D eigenvalue weighted by Crippen LogP contribution is -1.99. The molecule has 0 N–H and O–H groups in total. The van der Waals surface area contributed by atoms with E-state index in [4.69, 9.17) is 31.7 Å². The third-order valence-electron chi connectivity index (χ3n) is 0.652. The lowest BCUT2D eigenvalue weighted by Gasteiger charge is -2.02. The molecule has 0 unspecified atom stereocenters. The van der Waals surface area contributed by atoms with Crippen molar-refractivity contribution in [1.82, 2.24) is 0 Å². The molecule has 0 aliphatic carbocycles. The maximum atomic E-state index is 5.32. The molecule has 0 spiro atoms. The minimum atomic E-state index is -1.28. The second kappa shape index (κ2) is 7.77. The summed E-state index contributed by atoms with van der Waals surface area (Å²) >= 11 is 10.6. The summed E-state index contributed by atoms with van der Waals surface area (Å²) in [5, 5.41) is 0. The maximum Gasteiger partial charge on any atom is 0.225 e. The van der Waals surface area contributed by atoms with Gasteiger partial charge in [0.25, 0.3) is 0 Å². The van der Waals surface area contributed by atoms with E-state index in [0.717, 1.165) is 0 Å². The Hall–Kier alpha value is 0.670. The van der Waals surface area contributed by atoms with Crippen LogP contribution in [-0.2, 0) is 9.26 Å². The Labute approximate surface area is 71.5 Å². The van der Waals surface area contributed by atoms with Crippen molar-refractivity contribution in [2.24, 2.45) is 0 Å². The zero-order chi connectivity index (χ0) is 7.82. The van der Waals surface area contributed by atoms with Gasteiger partial charge in [0.2, 0.25) is 6.85 Å². The summed E-state index contributed by atoms with van der Waals surface area (Å²) in [5.74, 6) is 0. The third kappa shape index (κ3) is 8.67. The molecule has 0 bridgehead atoms. The predicted octanol–water partition coefficient (Wildman–Crippen LogP) is 2.91. The Morgan fingerprint density at radius 2 is 2.10 bits per heavy atom. The van der Waals surface area contributed by atoms with Crippen LogP contribution in [0.2, 0.25) is 0 Å². The van der Waals surface area contributed by atoms with E-state index in [1.54, 1.807) is 6.08 Å². The molecule has 0 radical (unpaired) electrons. The molecule has 0 aromatic carbocycles. The summed E-state index contributed by atoms with van der Waals surface area (Å²) in [6, 6.07) is 0. The van der Waals surface area contributed by atoms with Gasteiger partial charge in [-0.2, -0.15) is 0 Å². The summed E-state index contributed by atoms with van der Waals surface area (Å²) in [6.07, 6.45) is 1.67. The molecule has 2 nitrogen and oxygen atoms in total. The highest BCUT2D eigenvalue weighted by atomic mass is 35.9. The summed E-state index contributed by atoms with van der Waals surface area (Å²) in [6.45, 7) is 3.67. The predicted molar refractivity (Wildman–Crippen MR) is 45.6 cm³/mol. The third-order valence-corrected chi connectivity index (χ3v) is 1.62. The average Bonchev–Trinajstić information content (AvgIpc) is 1.87. The lowest BCUT2D eigenvalue weighted by atomic mass is 10.7. The largest absolute Gasteiger partial charge is 0.375 e. The van der Waals surface area contributed by atoms with Gasteiger partial charge in [-0.1, -0.05) is 6.08 Å². The van der Waals surface area contributed by atoms with E-state index in [9.17, 15) is 0 Å². The number of hydrogen-bond donors (Lipinski definition) is 0. The number of rotatable bonds is 6. The first-order valence-corrected chi connectivity index (χ1v) is 5.77. The zero-order valence-corrected chi connectivity index (χ0v) is 7.83. The summed E-state index contributed by atoms with van der Waals surface area (Å²) in [7, 11) is 0. The molecule has 5 heteroatoms. The Morgan fingerprint density at radius 1 is 1.40 bits per heavy atom. The molecule has 0 aromatic rings. The van der Waals surface area contributed by atoms with E-state index in [1.807, 2.05) is 0 Å². The smallest absolute Gasteiger partial charge is 0.225 e. The Balaban J connectivity index is 2.83. The quantitative estimate of drug-likeness (QED) is 0.375. The molecule has 0 saturated heterocycles. The van der Waals surface area contributed by atoms with Gasteiger partial charge in [-0.05, 0) is 22.5 Å². The van der Waals surface area contributed by atoms with Crippen molar-refractivity contribution >= 4 is 29.3 Å². The van der Waals surface area contributed by atoms with Crippen LogP contribution in [0.3, 0.4) is 0 Å². The van der Waals surface area contributed by atoms with E-state index < -0.39 is 6.85 Å². The van der Waals surface area contributed by atoms with Gasteiger partial charge >= 0.3 is 0 Å². The lowest BCUT2D eigenvalue weighted by molar-refractivity contribution is 0.128. The molecule has 0 fully saturated rings. The molecule has 60 valence electrons. The van der Waals surface area contributed by atoms with Gasteiger partial charge in [0.05, 0.1) is 19.8 Å². The summed E-state index contributed by atoms with van der Waals surface area (Å²) in [4.78, 5) is 0. The molecular weight excluding hydrogens is 194 g/mol. The molecule has 0 aliphatic rings. The number of halogens is 2. The van der Waals surface area contributed by atoms with Crippen molar-refractivity contribution in [3.8, 4) is 0 Å². The molecule has 0 heterocycles. The van der Waals surface area contributed by atoms with Crippen molar-refractivity contribution in [2.45, 2.75) is 0 Å². The van der Waals surface area contributed by atoms with Crippen molar-refractivity contribution < 1.29 is 9.26 Å². The van der Waals surface area contributed by atoms with E-state index in [0.29, 0.717) is 19.8 Å². The van der Waals surface area contributed by atoms with Gasteiger partial charge in [0.15, 0.2) is 0 Å². The molecule has 0 aliphatic heterocycles. The van der Waals surface area contributed by atoms with Crippen molar-refractivity contribution in [3.63, 3.8) is 0 Å². The second-order valence-electron chi connectivity index (χ2n) is 1.40. The van der Waals surface area contributed by atoms with Crippen LogP contribution in [0.5, 0.6) is 0 Å². The summed E-state index contributed by atoms with van der Waals surface area (Å²) < 4.78 is 9.81. The van der Waals surface area contributed by atoms with E-state index >= 15 is 0 Å². The van der Waals surface area contributed by atoms with Gasteiger partial charge in [-0.3, -0.25) is 0 Å². The van der Waals surface area contributed by atoms with Crippen LogP contribution >= 0.6 is 29.3 Å². The fraction of sp³-hybridized carbons (Fsp3) is 0.600. The van der Waals surface area contributed by atoms with Gasteiger partial charge in [0, 0.05) is 0 Å². The highest BCUT2D eigenvalue weighted by molar-refractivity contribution is 8.00. The normalized spacial score (nSPS) is 10.3. The SMILES string of the molecule is C=CCOCCOP(Cl)Cl. The molecular formula is C5H9Cl2O2P. The second-order valence-corrected chi connectivity index (χ2v) is 4.42. The van der Waals surface area contributed by atoms with Crippen molar-refractivity contribution in [2.75, 3.05) is 19.8 Å². The molecule has 0 amide bonds. The summed E-state index contributed by atoms with van der Waals surface area (Å²) in [5.41, 5.74) is 0. The first kappa shape index (κ1) is 10.7. The minimum Gasteiger partial charge on any atom is -0.375 e. The van der Waals surface area contributed by atoms with Gasteiger partial charge in [-0.25, -0.2) is 0 Å².